The number of benzene rings is 1. The monoisotopic (exact) mass is 292 g/mol. The van der Waals surface area contributed by atoms with E-state index >= 15 is 0 Å². The Morgan fingerprint density at radius 1 is 1.40 bits per heavy atom. The highest BCUT2D eigenvalue weighted by Gasteiger charge is 2.12. The third-order valence-corrected chi connectivity index (χ3v) is 3.73. The van der Waals surface area contributed by atoms with Crippen LogP contribution in [0.3, 0.4) is 0 Å². The number of nitrogens with two attached hydrogens (primary N) is 1. The largest absolute Gasteiger partial charge is 0.330 e. The summed E-state index contributed by atoms with van der Waals surface area (Å²) in [5.41, 5.74) is 5.28. The lowest BCUT2D eigenvalue weighted by molar-refractivity contribution is 0.579. The number of nitrogens with one attached hydrogen (secondary N) is 1. The second-order valence-electron chi connectivity index (χ2n) is 3.00. The first-order chi connectivity index (χ1) is 7.06. The lowest BCUT2D eigenvalue weighted by Gasteiger charge is -2.05. The van der Waals surface area contributed by atoms with Crippen molar-refractivity contribution in [1.82, 2.24) is 4.72 Å². The second-order valence-corrected chi connectivity index (χ2v) is 5.68. The molecule has 0 atom stereocenters. The molecule has 0 amide bonds. The van der Waals surface area contributed by atoms with Gasteiger partial charge in [-0.25, -0.2) is 13.1 Å². The fraction of sp³-hybridized carbons (Fsp3) is 0.333. The lowest BCUT2D eigenvalue weighted by atomic mass is 10.4. The predicted molar refractivity (Wildman–Crippen MR) is 63.0 cm³/mol. The van der Waals surface area contributed by atoms with Gasteiger partial charge in [-0.1, -0.05) is 22.0 Å². The van der Waals surface area contributed by atoms with Crippen molar-refractivity contribution in [1.29, 1.82) is 0 Å². The van der Waals surface area contributed by atoms with E-state index in [1.165, 1.54) is 0 Å². The molecule has 84 valence electrons. The summed E-state index contributed by atoms with van der Waals surface area (Å²) >= 11 is 3.22. The van der Waals surface area contributed by atoms with E-state index in [0.29, 0.717) is 19.5 Å². The van der Waals surface area contributed by atoms with Gasteiger partial charge in [0.2, 0.25) is 10.0 Å². The van der Waals surface area contributed by atoms with Gasteiger partial charge in [-0.15, -0.1) is 0 Å². The van der Waals surface area contributed by atoms with Crippen molar-refractivity contribution in [2.45, 2.75) is 11.3 Å². The van der Waals surface area contributed by atoms with Crippen LogP contribution in [-0.4, -0.2) is 21.5 Å². The summed E-state index contributed by atoms with van der Waals surface area (Å²) in [6.45, 7) is 0.840. The van der Waals surface area contributed by atoms with Crippen LogP contribution in [0.4, 0.5) is 0 Å². The molecular formula is C9H13BrN2O2S. The summed E-state index contributed by atoms with van der Waals surface area (Å²) in [4.78, 5) is 0.258. The van der Waals surface area contributed by atoms with Crippen molar-refractivity contribution < 1.29 is 8.42 Å². The Kier molecular flexibility index (Phi) is 4.72. The Balaban J connectivity index is 2.77. The van der Waals surface area contributed by atoms with E-state index in [4.69, 9.17) is 5.73 Å². The van der Waals surface area contributed by atoms with Gasteiger partial charge in [-0.2, -0.15) is 0 Å². The van der Waals surface area contributed by atoms with Gasteiger partial charge in [0.1, 0.15) is 0 Å². The molecule has 15 heavy (non-hydrogen) atoms. The van der Waals surface area contributed by atoms with Crippen LogP contribution in [-0.2, 0) is 10.0 Å². The Hall–Kier alpha value is -0.430. The molecule has 0 saturated carbocycles. The van der Waals surface area contributed by atoms with E-state index in [9.17, 15) is 8.42 Å². The zero-order valence-corrected chi connectivity index (χ0v) is 10.5. The van der Waals surface area contributed by atoms with Gasteiger partial charge in [0.25, 0.3) is 0 Å². The van der Waals surface area contributed by atoms with E-state index in [1.54, 1.807) is 24.3 Å². The van der Waals surface area contributed by atoms with Crippen LogP contribution in [0.1, 0.15) is 6.42 Å². The van der Waals surface area contributed by atoms with Crippen molar-refractivity contribution >= 4 is 26.0 Å². The van der Waals surface area contributed by atoms with Gasteiger partial charge in [0.05, 0.1) is 4.90 Å². The van der Waals surface area contributed by atoms with Crippen LogP contribution in [0.5, 0.6) is 0 Å². The molecule has 0 radical (unpaired) electrons. The summed E-state index contributed by atoms with van der Waals surface area (Å²) in [6, 6.07) is 6.57. The predicted octanol–water partition coefficient (Wildman–Crippen LogP) is 1.08. The Morgan fingerprint density at radius 2 is 2.13 bits per heavy atom. The highest BCUT2D eigenvalue weighted by Crippen LogP contribution is 2.15. The van der Waals surface area contributed by atoms with Crippen molar-refractivity contribution in [3.8, 4) is 0 Å². The molecule has 0 spiro atoms. The maximum atomic E-state index is 11.7. The Labute approximate surface area is 98.0 Å². The van der Waals surface area contributed by atoms with Crippen LogP contribution in [0, 0.1) is 0 Å². The highest BCUT2D eigenvalue weighted by atomic mass is 79.9. The fourth-order valence-corrected chi connectivity index (χ4v) is 2.70. The molecular weight excluding hydrogens is 280 g/mol. The molecule has 0 unspecified atom stereocenters. The minimum absolute atomic E-state index is 0.258. The normalized spacial score (nSPS) is 11.6. The number of hydrogen-bond donors (Lipinski definition) is 2. The van der Waals surface area contributed by atoms with Crippen molar-refractivity contribution in [2.24, 2.45) is 5.73 Å². The molecule has 4 nitrogen and oxygen atoms in total. The molecule has 1 aromatic carbocycles. The average molecular weight is 293 g/mol. The Bertz CT molecular complexity index is 420. The van der Waals surface area contributed by atoms with E-state index in [1.807, 2.05) is 0 Å². The average Bonchev–Trinajstić information content (AvgIpc) is 2.18. The maximum Gasteiger partial charge on any atom is 0.240 e. The molecule has 1 aromatic rings. The highest BCUT2D eigenvalue weighted by molar-refractivity contribution is 9.10. The zero-order valence-electron chi connectivity index (χ0n) is 8.11. The number of rotatable bonds is 5. The molecule has 0 saturated heterocycles. The number of sulfonamides is 1. The molecule has 0 fully saturated rings. The van der Waals surface area contributed by atoms with E-state index in [0.717, 1.165) is 4.47 Å². The Morgan fingerprint density at radius 3 is 2.73 bits per heavy atom. The molecule has 0 aliphatic rings. The first-order valence-electron chi connectivity index (χ1n) is 4.51. The summed E-state index contributed by atoms with van der Waals surface area (Å²) in [5, 5.41) is 0. The molecule has 1 rings (SSSR count). The minimum Gasteiger partial charge on any atom is -0.330 e. The van der Waals surface area contributed by atoms with Crippen LogP contribution < -0.4 is 10.5 Å². The van der Waals surface area contributed by atoms with Crippen molar-refractivity contribution in [2.75, 3.05) is 13.1 Å². The summed E-state index contributed by atoms with van der Waals surface area (Å²) in [6.07, 6.45) is 0.632. The van der Waals surface area contributed by atoms with Gasteiger partial charge in [-0.3, -0.25) is 0 Å². The topological polar surface area (TPSA) is 72.2 Å². The number of hydrogen-bond acceptors (Lipinski definition) is 3. The van der Waals surface area contributed by atoms with Crippen molar-refractivity contribution in [3.05, 3.63) is 28.7 Å². The quantitative estimate of drug-likeness (QED) is 0.798. The van der Waals surface area contributed by atoms with Crippen LogP contribution in [0.25, 0.3) is 0 Å². The molecule has 0 aliphatic carbocycles. The van der Waals surface area contributed by atoms with Gasteiger partial charge >= 0.3 is 0 Å². The minimum atomic E-state index is -3.39. The lowest BCUT2D eigenvalue weighted by Crippen LogP contribution is -2.26. The van der Waals surface area contributed by atoms with Crippen LogP contribution in [0.15, 0.2) is 33.6 Å². The SMILES string of the molecule is NCCCNS(=O)(=O)c1cccc(Br)c1. The van der Waals surface area contributed by atoms with Gasteiger partial charge < -0.3 is 5.73 Å². The standard InChI is InChI=1S/C9H13BrN2O2S/c10-8-3-1-4-9(7-8)15(13,14)12-6-2-5-11/h1,3-4,7,12H,2,5-6,11H2. The van der Waals surface area contributed by atoms with E-state index in [2.05, 4.69) is 20.7 Å². The molecule has 0 aromatic heterocycles. The smallest absolute Gasteiger partial charge is 0.240 e. The third-order valence-electron chi connectivity index (χ3n) is 1.78. The summed E-state index contributed by atoms with van der Waals surface area (Å²) in [7, 11) is -3.39. The van der Waals surface area contributed by atoms with E-state index in [-0.39, 0.29) is 4.90 Å². The third kappa shape index (κ3) is 3.90. The summed E-state index contributed by atoms with van der Waals surface area (Å²) in [5.74, 6) is 0. The molecule has 0 aliphatic heterocycles. The fourth-order valence-electron chi connectivity index (χ4n) is 1.03. The number of halogens is 1. The van der Waals surface area contributed by atoms with Gasteiger partial charge in [-0.05, 0) is 31.2 Å². The molecule has 3 N–H and O–H groups in total. The zero-order chi connectivity index (χ0) is 11.3. The van der Waals surface area contributed by atoms with Gasteiger partial charge in [0.15, 0.2) is 0 Å². The van der Waals surface area contributed by atoms with Gasteiger partial charge in [0, 0.05) is 11.0 Å². The second kappa shape index (κ2) is 5.60. The molecule has 6 heteroatoms. The molecule has 0 bridgehead atoms. The summed E-state index contributed by atoms with van der Waals surface area (Å²) < 4.78 is 26.6. The first kappa shape index (κ1) is 12.6. The first-order valence-corrected chi connectivity index (χ1v) is 6.79. The van der Waals surface area contributed by atoms with Crippen LogP contribution in [0.2, 0.25) is 0 Å². The van der Waals surface area contributed by atoms with E-state index < -0.39 is 10.0 Å². The van der Waals surface area contributed by atoms with Crippen molar-refractivity contribution in [3.63, 3.8) is 0 Å². The van der Waals surface area contributed by atoms with Crippen LogP contribution >= 0.6 is 15.9 Å². The molecule has 0 heterocycles. The maximum absolute atomic E-state index is 11.7.